The van der Waals surface area contributed by atoms with E-state index in [9.17, 15) is 14.2 Å². The molecule has 0 amide bonds. The van der Waals surface area contributed by atoms with Crippen LogP contribution < -0.4 is 10.0 Å². The first kappa shape index (κ1) is 21.8. The van der Waals surface area contributed by atoms with E-state index in [-0.39, 0.29) is 27.4 Å². The second-order valence-corrected chi connectivity index (χ2v) is 9.37. The lowest BCUT2D eigenvalue weighted by molar-refractivity contribution is 0.103. The van der Waals surface area contributed by atoms with Crippen molar-refractivity contribution in [2.24, 2.45) is 0 Å². The van der Waals surface area contributed by atoms with E-state index in [0.29, 0.717) is 20.1 Å². The van der Waals surface area contributed by atoms with E-state index in [1.165, 1.54) is 13.2 Å². The summed E-state index contributed by atoms with van der Waals surface area (Å²) in [5.74, 6) is -0.0213. The maximum absolute atomic E-state index is 13.2. The lowest BCUT2D eigenvalue weighted by Crippen LogP contribution is -2.13. The van der Waals surface area contributed by atoms with Crippen LogP contribution in [0.3, 0.4) is 0 Å². The van der Waals surface area contributed by atoms with Crippen molar-refractivity contribution < 1.29 is 18.9 Å². The monoisotopic (exact) mass is 553 g/mol. The van der Waals surface area contributed by atoms with Crippen molar-refractivity contribution in [3.63, 3.8) is 0 Å². The van der Waals surface area contributed by atoms with Gasteiger partial charge < -0.3 is 4.74 Å². The number of methoxy groups -OCH3 is 1. The summed E-state index contributed by atoms with van der Waals surface area (Å²) in [6.45, 7) is 0. The molecule has 29 heavy (non-hydrogen) atoms. The molecule has 0 radical (unpaired) electrons. The summed E-state index contributed by atoms with van der Waals surface area (Å²) in [4.78, 5) is 25.9. The van der Waals surface area contributed by atoms with E-state index in [2.05, 4.69) is 31.9 Å². The van der Waals surface area contributed by atoms with Gasteiger partial charge in [0.25, 0.3) is 0 Å². The van der Waals surface area contributed by atoms with Gasteiger partial charge in [-0.2, -0.15) is 0 Å². The van der Waals surface area contributed by atoms with Crippen LogP contribution in [0.1, 0.15) is 26.3 Å². The summed E-state index contributed by atoms with van der Waals surface area (Å²) in [5, 5.41) is 0.329. The molecule has 1 atom stereocenters. The van der Waals surface area contributed by atoms with E-state index in [0.717, 1.165) is 0 Å². The molecule has 3 rings (SSSR count). The van der Waals surface area contributed by atoms with Crippen molar-refractivity contribution in [2.75, 3.05) is 7.11 Å². The minimum Gasteiger partial charge on any atom is -0.496 e. The lowest BCUT2D eigenvalue weighted by Gasteiger charge is -2.07. The third-order valence-corrected chi connectivity index (χ3v) is 8.02. The number of halogens is 3. The summed E-state index contributed by atoms with van der Waals surface area (Å²) in [6.07, 6.45) is 0. The zero-order valence-corrected chi connectivity index (χ0v) is 19.8. The molecule has 0 bridgehead atoms. The standard InChI is InChI=1S/C21H13Br2ClO4P/c1-28-16-9-5-8-15(24)17(16)21(26)29(27)20-14(22)11-10-13(18(20)23)19(25)12-6-3-2-4-7-12/h2-11H,1H3/q+1. The van der Waals surface area contributed by atoms with Gasteiger partial charge in [0, 0.05) is 11.1 Å². The van der Waals surface area contributed by atoms with Gasteiger partial charge in [-0.1, -0.05) is 52.6 Å². The van der Waals surface area contributed by atoms with Crippen molar-refractivity contribution in [3.05, 3.63) is 91.3 Å². The Hall–Kier alpha value is -1.85. The molecule has 0 aliphatic heterocycles. The fourth-order valence-electron chi connectivity index (χ4n) is 2.73. The zero-order valence-electron chi connectivity index (χ0n) is 15.0. The second-order valence-electron chi connectivity index (χ2n) is 5.87. The van der Waals surface area contributed by atoms with Gasteiger partial charge in [0.1, 0.15) is 11.3 Å². The fraction of sp³-hybridized carbons (Fsp3) is 0.0476. The molecular formula is C21H13Br2ClO4P+. The van der Waals surface area contributed by atoms with Crippen molar-refractivity contribution in [2.45, 2.75) is 0 Å². The van der Waals surface area contributed by atoms with Crippen LogP contribution in [0.2, 0.25) is 5.02 Å². The first-order valence-electron chi connectivity index (χ1n) is 8.28. The highest BCUT2D eigenvalue weighted by Gasteiger charge is 2.41. The van der Waals surface area contributed by atoms with E-state index >= 15 is 0 Å². The van der Waals surface area contributed by atoms with Gasteiger partial charge in [-0.3, -0.25) is 4.79 Å². The molecule has 0 heterocycles. The number of carbonyl (C=O) groups excluding carboxylic acids is 2. The van der Waals surface area contributed by atoms with Crippen LogP contribution in [-0.4, -0.2) is 18.4 Å². The van der Waals surface area contributed by atoms with Crippen molar-refractivity contribution in [3.8, 4) is 5.75 Å². The molecule has 1 unspecified atom stereocenters. The number of ketones is 1. The topological polar surface area (TPSA) is 60.4 Å². The smallest absolute Gasteiger partial charge is 0.461 e. The van der Waals surface area contributed by atoms with Gasteiger partial charge in [-0.05, 0) is 56.1 Å². The minimum absolute atomic E-state index is 0.0383. The maximum atomic E-state index is 13.2. The van der Waals surface area contributed by atoms with Crippen molar-refractivity contribution in [1.29, 1.82) is 0 Å². The summed E-state index contributed by atoms with van der Waals surface area (Å²) >= 11 is 12.9. The predicted octanol–water partition coefficient (Wildman–Crippen LogP) is 6.40. The highest BCUT2D eigenvalue weighted by molar-refractivity contribution is 9.11. The minimum atomic E-state index is -2.60. The van der Waals surface area contributed by atoms with E-state index < -0.39 is 13.3 Å². The molecule has 0 spiro atoms. The molecule has 0 N–H and O–H groups in total. The second kappa shape index (κ2) is 9.31. The molecule has 0 fully saturated rings. The van der Waals surface area contributed by atoms with Crippen molar-refractivity contribution >= 4 is 67.9 Å². The van der Waals surface area contributed by atoms with Crippen LogP contribution in [0.4, 0.5) is 0 Å². The van der Waals surface area contributed by atoms with Gasteiger partial charge in [0.05, 0.1) is 21.1 Å². The van der Waals surface area contributed by atoms with E-state index in [4.69, 9.17) is 16.3 Å². The van der Waals surface area contributed by atoms with Gasteiger partial charge in [0.2, 0.25) is 5.30 Å². The summed E-state index contributed by atoms with van der Waals surface area (Å²) in [5.41, 5.74) is 0.136. The molecule has 146 valence electrons. The molecule has 4 nitrogen and oxygen atoms in total. The fourth-order valence-corrected chi connectivity index (χ4v) is 6.34. The Kier molecular flexibility index (Phi) is 7.01. The summed E-state index contributed by atoms with van der Waals surface area (Å²) in [7, 11) is -1.20. The van der Waals surface area contributed by atoms with E-state index in [1.54, 1.807) is 48.5 Å². The van der Waals surface area contributed by atoms with Crippen molar-refractivity contribution in [1.82, 2.24) is 0 Å². The van der Waals surface area contributed by atoms with Gasteiger partial charge in [-0.15, -0.1) is 0 Å². The summed E-state index contributed by atoms with van der Waals surface area (Å²) < 4.78 is 19.2. The number of carbonyl (C=O) groups is 2. The van der Waals surface area contributed by atoms with Crippen LogP contribution in [-0.2, 0) is 4.57 Å². The molecule has 0 aliphatic rings. The third kappa shape index (κ3) is 4.36. The Balaban J connectivity index is 2.09. The summed E-state index contributed by atoms with van der Waals surface area (Å²) in [6, 6.07) is 16.6. The first-order chi connectivity index (χ1) is 13.9. The number of rotatable bonds is 6. The molecule has 3 aromatic carbocycles. The van der Waals surface area contributed by atoms with Gasteiger partial charge >= 0.3 is 13.3 Å². The largest absolute Gasteiger partial charge is 0.496 e. The van der Waals surface area contributed by atoms with Crippen LogP contribution in [0.5, 0.6) is 5.75 Å². The first-order valence-corrected chi connectivity index (χ1v) is 11.5. The third-order valence-electron chi connectivity index (χ3n) is 4.14. The molecule has 3 aromatic rings. The molecule has 0 saturated carbocycles. The SMILES string of the molecule is COc1cccc(Cl)c1C(=O)[P+](=O)c1c(Br)ccc(C(=O)c2ccccc2)c1Br. The number of benzene rings is 3. The Bertz CT molecular complexity index is 1130. The molecule has 0 saturated heterocycles. The average Bonchev–Trinajstić information content (AvgIpc) is 2.73. The Morgan fingerprint density at radius 3 is 2.31 bits per heavy atom. The Labute approximate surface area is 190 Å². The van der Waals surface area contributed by atoms with E-state index in [1.807, 2.05) is 6.07 Å². The van der Waals surface area contributed by atoms with Gasteiger partial charge in [0.15, 0.2) is 5.78 Å². The quantitative estimate of drug-likeness (QED) is 0.261. The maximum Gasteiger partial charge on any atom is 0.461 e. The Morgan fingerprint density at radius 2 is 1.66 bits per heavy atom. The average molecular weight is 556 g/mol. The zero-order chi connectivity index (χ0) is 21.1. The van der Waals surface area contributed by atoms with Crippen LogP contribution in [0.25, 0.3) is 0 Å². The number of ether oxygens (including phenoxy) is 1. The number of hydrogen-bond acceptors (Lipinski definition) is 4. The lowest BCUT2D eigenvalue weighted by atomic mass is 10.0. The Morgan fingerprint density at radius 1 is 0.966 bits per heavy atom. The molecule has 8 heteroatoms. The van der Waals surface area contributed by atoms with Crippen LogP contribution in [0.15, 0.2) is 69.6 Å². The highest BCUT2D eigenvalue weighted by atomic mass is 79.9. The number of hydrogen-bond donors (Lipinski definition) is 0. The van der Waals surface area contributed by atoms with Crippen LogP contribution in [0, 0.1) is 0 Å². The molecule has 0 aromatic heterocycles. The predicted molar refractivity (Wildman–Crippen MR) is 121 cm³/mol. The normalized spacial score (nSPS) is 11.1. The molecular weight excluding hydrogens is 542 g/mol. The highest BCUT2D eigenvalue weighted by Crippen LogP contribution is 2.40. The molecule has 0 aliphatic carbocycles. The van der Waals surface area contributed by atoms with Crippen LogP contribution >= 0.6 is 51.3 Å². The van der Waals surface area contributed by atoms with Gasteiger partial charge in [-0.25, -0.2) is 4.79 Å².